The van der Waals surface area contributed by atoms with Gasteiger partial charge in [0.25, 0.3) is 5.91 Å². The molecule has 5 heteroatoms. The van der Waals surface area contributed by atoms with Crippen LogP contribution in [0, 0.1) is 0 Å². The average Bonchev–Trinajstić information content (AvgIpc) is 2.73. The summed E-state index contributed by atoms with van der Waals surface area (Å²) < 4.78 is 0. The van der Waals surface area contributed by atoms with Gasteiger partial charge in [-0.1, -0.05) is 0 Å². The SMILES string of the molecule is CC(=O)c1c[nH]c(C(=O)N(CCO)C(C)C)c1. The second-order valence-corrected chi connectivity index (χ2v) is 4.17. The molecule has 0 aliphatic heterocycles. The van der Waals surface area contributed by atoms with E-state index in [0.717, 1.165) is 0 Å². The number of aliphatic hydroxyl groups excluding tert-OH is 1. The Hall–Kier alpha value is -1.62. The van der Waals surface area contributed by atoms with Gasteiger partial charge in [0.05, 0.1) is 6.61 Å². The first-order valence-corrected chi connectivity index (χ1v) is 5.58. The maximum atomic E-state index is 12.1. The van der Waals surface area contributed by atoms with Crippen LogP contribution in [0.15, 0.2) is 12.3 Å². The van der Waals surface area contributed by atoms with E-state index in [1.54, 1.807) is 4.90 Å². The predicted octanol–water partition coefficient (Wildman–Crippen LogP) is 1.06. The number of H-pyrrole nitrogens is 1. The molecule has 0 bridgehead atoms. The monoisotopic (exact) mass is 238 g/mol. The van der Waals surface area contributed by atoms with Crippen molar-refractivity contribution in [2.75, 3.05) is 13.2 Å². The molecule has 17 heavy (non-hydrogen) atoms. The highest BCUT2D eigenvalue weighted by molar-refractivity contribution is 5.99. The van der Waals surface area contributed by atoms with Crippen molar-refractivity contribution in [1.82, 2.24) is 9.88 Å². The van der Waals surface area contributed by atoms with Gasteiger partial charge in [-0.2, -0.15) is 0 Å². The third-order valence-corrected chi connectivity index (χ3v) is 2.55. The second kappa shape index (κ2) is 5.63. The summed E-state index contributed by atoms with van der Waals surface area (Å²) in [6.07, 6.45) is 1.52. The first-order valence-electron chi connectivity index (χ1n) is 5.58. The highest BCUT2D eigenvalue weighted by atomic mass is 16.3. The van der Waals surface area contributed by atoms with Crippen molar-refractivity contribution < 1.29 is 14.7 Å². The number of aromatic nitrogens is 1. The minimum absolute atomic E-state index is 0.00118. The van der Waals surface area contributed by atoms with Crippen molar-refractivity contribution in [3.8, 4) is 0 Å². The Morgan fingerprint density at radius 2 is 2.12 bits per heavy atom. The number of aliphatic hydroxyl groups is 1. The van der Waals surface area contributed by atoms with Crippen LogP contribution >= 0.6 is 0 Å². The number of aromatic amines is 1. The molecule has 2 N–H and O–H groups in total. The summed E-state index contributed by atoms with van der Waals surface area (Å²) in [5, 5.41) is 8.92. The van der Waals surface area contributed by atoms with Crippen LogP contribution in [-0.4, -0.2) is 45.9 Å². The molecule has 1 amide bonds. The molecule has 0 saturated heterocycles. The van der Waals surface area contributed by atoms with Crippen LogP contribution in [0.3, 0.4) is 0 Å². The fourth-order valence-corrected chi connectivity index (χ4v) is 1.58. The summed E-state index contributed by atoms with van der Waals surface area (Å²) in [5.41, 5.74) is 0.860. The van der Waals surface area contributed by atoms with Gasteiger partial charge in [0, 0.05) is 24.3 Å². The van der Waals surface area contributed by atoms with E-state index in [0.29, 0.717) is 11.3 Å². The summed E-state index contributed by atoms with van der Waals surface area (Å²) in [4.78, 5) is 27.5. The van der Waals surface area contributed by atoms with Crippen LogP contribution in [0.2, 0.25) is 0 Å². The van der Waals surface area contributed by atoms with Crippen molar-refractivity contribution in [3.63, 3.8) is 0 Å². The van der Waals surface area contributed by atoms with Crippen LogP contribution in [0.5, 0.6) is 0 Å². The van der Waals surface area contributed by atoms with Crippen LogP contribution in [0.4, 0.5) is 0 Å². The maximum absolute atomic E-state index is 12.1. The predicted molar refractivity (Wildman–Crippen MR) is 64.1 cm³/mol. The lowest BCUT2D eigenvalue weighted by Gasteiger charge is -2.25. The van der Waals surface area contributed by atoms with Crippen molar-refractivity contribution in [2.24, 2.45) is 0 Å². The number of rotatable bonds is 5. The molecule has 5 nitrogen and oxygen atoms in total. The molecule has 0 fully saturated rings. The van der Waals surface area contributed by atoms with Crippen molar-refractivity contribution in [3.05, 3.63) is 23.5 Å². The molecule has 0 aliphatic rings. The van der Waals surface area contributed by atoms with Gasteiger partial charge in [-0.25, -0.2) is 0 Å². The van der Waals surface area contributed by atoms with E-state index in [1.165, 1.54) is 19.2 Å². The van der Waals surface area contributed by atoms with Crippen LogP contribution < -0.4 is 0 Å². The number of carbonyl (C=O) groups excluding carboxylic acids is 2. The van der Waals surface area contributed by atoms with E-state index in [9.17, 15) is 9.59 Å². The lowest BCUT2D eigenvalue weighted by Crippen LogP contribution is -2.39. The van der Waals surface area contributed by atoms with Gasteiger partial charge in [-0.15, -0.1) is 0 Å². The van der Waals surface area contributed by atoms with Gasteiger partial charge in [-0.3, -0.25) is 9.59 Å². The summed E-state index contributed by atoms with van der Waals surface area (Å²) >= 11 is 0. The molecule has 1 heterocycles. The topological polar surface area (TPSA) is 73.4 Å². The van der Waals surface area contributed by atoms with Crippen LogP contribution in [-0.2, 0) is 0 Å². The Morgan fingerprint density at radius 3 is 2.53 bits per heavy atom. The molecule has 0 aromatic carbocycles. The van der Waals surface area contributed by atoms with Gasteiger partial charge >= 0.3 is 0 Å². The number of Topliss-reactive ketones (excluding diaryl/α,β-unsaturated/α-hetero) is 1. The zero-order valence-corrected chi connectivity index (χ0v) is 10.4. The lowest BCUT2D eigenvalue weighted by molar-refractivity contribution is 0.0660. The average molecular weight is 238 g/mol. The Balaban J connectivity index is 2.89. The Bertz CT molecular complexity index is 410. The molecule has 0 unspecified atom stereocenters. The van der Waals surface area contributed by atoms with Crippen molar-refractivity contribution in [1.29, 1.82) is 0 Å². The molecular weight excluding hydrogens is 220 g/mol. The molecule has 0 saturated carbocycles. The molecule has 0 radical (unpaired) electrons. The zero-order valence-electron chi connectivity index (χ0n) is 10.4. The molecule has 1 aromatic rings. The third kappa shape index (κ3) is 3.17. The van der Waals surface area contributed by atoms with E-state index in [-0.39, 0.29) is 30.9 Å². The number of amides is 1. The standard InChI is InChI=1S/C12H18N2O3/c1-8(2)14(4-5-15)12(17)11-6-10(7-13-11)9(3)16/h6-8,13,15H,4-5H2,1-3H3. The summed E-state index contributed by atoms with van der Waals surface area (Å²) in [7, 11) is 0. The van der Waals surface area contributed by atoms with E-state index in [4.69, 9.17) is 5.11 Å². The van der Waals surface area contributed by atoms with Gasteiger partial charge in [0.2, 0.25) is 0 Å². The normalized spacial score (nSPS) is 10.6. The Labute approximate surface area is 100 Å². The molecule has 0 spiro atoms. The van der Waals surface area contributed by atoms with Crippen molar-refractivity contribution >= 4 is 11.7 Å². The van der Waals surface area contributed by atoms with Gasteiger partial charge in [0.15, 0.2) is 5.78 Å². The fourth-order valence-electron chi connectivity index (χ4n) is 1.58. The van der Waals surface area contributed by atoms with Gasteiger partial charge in [-0.05, 0) is 26.8 Å². The number of hydrogen-bond acceptors (Lipinski definition) is 3. The minimum atomic E-state index is -0.207. The second-order valence-electron chi connectivity index (χ2n) is 4.17. The van der Waals surface area contributed by atoms with Gasteiger partial charge < -0.3 is 15.0 Å². The quantitative estimate of drug-likeness (QED) is 0.753. The van der Waals surface area contributed by atoms with Crippen LogP contribution in [0.1, 0.15) is 41.6 Å². The minimum Gasteiger partial charge on any atom is -0.395 e. The first kappa shape index (κ1) is 13.4. The summed E-state index contributed by atoms with van der Waals surface area (Å²) in [6, 6.07) is 1.54. The van der Waals surface area contributed by atoms with Gasteiger partial charge in [0.1, 0.15) is 5.69 Å². The number of nitrogens with zero attached hydrogens (tertiary/aromatic N) is 1. The number of hydrogen-bond donors (Lipinski definition) is 2. The third-order valence-electron chi connectivity index (χ3n) is 2.55. The van der Waals surface area contributed by atoms with E-state index in [1.807, 2.05) is 13.8 Å². The van der Waals surface area contributed by atoms with E-state index in [2.05, 4.69) is 4.98 Å². The molecule has 0 atom stereocenters. The zero-order chi connectivity index (χ0) is 13.0. The first-order chi connectivity index (χ1) is 7.97. The van der Waals surface area contributed by atoms with Crippen LogP contribution in [0.25, 0.3) is 0 Å². The lowest BCUT2D eigenvalue weighted by atomic mass is 10.2. The number of ketones is 1. The summed E-state index contributed by atoms with van der Waals surface area (Å²) in [5.74, 6) is -0.292. The smallest absolute Gasteiger partial charge is 0.270 e. The number of nitrogens with one attached hydrogen (secondary N) is 1. The largest absolute Gasteiger partial charge is 0.395 e. The summed E-state index contributed by atoms with van der Waals surface area (Å²) in [6.45, 7) is 5.41. The molecule has 0 aliphatic carbocycles. The number of carbonyl (C=O) groups is 2. The highest BCUT2D eigenvalue weighted by Gasteiger charge is 2.20. The molecule has 1 rings (SSSR count). The molecular formula is C12H18N2O3. The fraction of sp³-hybridized carbons (Fsp3) is 0.500. The molecule has 1 aromatic heterocycles. The maximum Gasteiger partial charge on any atom is 0.270 e. The highest BCUT2D eigenvalue weighted by Crippen LogP contribution is 2.10. The van der Waals surface area contributed by atoms with E-state index >= 15 is 0 Å². The Morgan fingerprint density at radius 1 is 1.47 bits per heavy atom. The van der Waals surface area contributed by atoms with Crippen molar-refractivity contribution in [2.45, 2.75) is 26.8 Å². The molecule has 94 valence electrons. The van der Waals surface area contributed by atoms with E-state index < -0.39 is 0 Å². The Kier molecular flexibility index (Phi) is 4.45.